The van der Waals surface area contributed by atoms with Crippen LogP contribution in [-0.4, -0.2) is 44.9 Å². The minimum absolute atomic E-state index is 0.0413. The molecule has 2 rings (SSSR count). The van der Waals surface area contributed by atoms with Crippen LogP contribution in [0.3, 0.4) is 0 Å². The van der Waals surface area contributed by atoms with E-state index in [9.17, 15) is 9.59 Å². The van der Waals surface area contributed by atoms with Gasteiger partial charge in [-0.25, -0.2) is 4.79 Å². The van der Waals surface area contributed by atoms with Crippen molar-refractivity contribution in [2.45, 2.75) is 12.1 Å². The Kier molecular flexibility index (Phi) is 4.88. The summed E-state index contributed by atoms with van der Waals surface area (Å²) in [4.78, 5) is 22.6. The van der Waals surface area contributed by atoms with Gasteiger partial charge in [0, 0.05) is 7.05 Å². The highest BCUT2D eigenvalue weighted by molar-refractivity contribution is 7.99. The first kappa shape index (κ1) is 15.0. The fourth-order valence-electron chi connectivity index (χ4n) is 1.58. The lowest BCUT2D eigenvalue weighted by Crippen LogP contribution is -2.38. The number of aryl methyl sites for hydroxylation is 1. The molecular weight excluding hydrogens is 292 g/mol. The third kappa shape index (κ3) is 3.78. The highest BCUT2D eigenvalue weighted by Crippen LogP contribution is 2.19. The monoisotopic (exact) mass is 306 g/mol. The molecule has 0 atom stereocenters. The molecule has 0 saturated heterocycles. The van der Waals surface area contributed by atoms with Gasteiger partial charge < -0.3 is 5.32 Å². The van der Waals surface area contributed by atoms with Gasteiger partial charge in [-0.05, 0) is 29.0 Å². The van der Waals surface area contributed by atoms with Crippen molar-refractivity contribution in [1.82, 2.24) is 30.8 Å². The molecule has 0 bridgehead atoms. The number of para-hydroxylation sites is 1. The molecule has 2 aromatic rings. The van der Waals surface area contributed by atoms with Crippen molar-refractivity contribution >= 4 is 23.7 Å². The largest absolute Gasteiger partial charge is 0.341 e. The molecule has 1 aromatic carbocycles. The van der Waals surface area contributed by atoms with E-state index in [1.54, 1.807) is 4.68 Å². The Labute approximate surface area is 125 Å². The Hall–Kier alpha value is -2.42. The molecule has 21 heavy (non-hydrogen) atoms. The highest BCUT2D eigenvalue weighted by atomic mass is 32.2. The molecule has 1 heterocycles. The minimum atomic E-state index is -0.543. The number of tetrazole rings is 1. The van der Waals surface area contributed by atoms with Gasteiger partial charge in [-0.15, -0.1) is 5.10 Å². The van der Waals surface area contributed by atoms with Gasteiger partial charge in [-0.3, -0.25) is 10.1 Å². The second kappa shape index (κ2) is 6.84. The molecule has 0 spiro atoms. The number of hydrogen-bond donors (Lipinski definition) is 2. The first-order valence-electron chi connectivity index (χ1n) is 6.10. The lowest BCUT2D eigenvalue weighted by Gasteiger charge is -2.07. The number of imide groups is 1. The summed E-state index contributed by atoms with van der Waals surface area (Å²) in [6.07, 6.45) is 0. The van der Waals surface area contributed by atoms with Crippen LogP contribution in [0.5, 0.6) is 0 Å². The fourth-order valence-corrected chi connectivity index (χ4v) is 2.26. The predicted molar refractivity (Wildman–Crippen MR) is 77.2 cm³/mol. The number of carbonyl (C=O) groups is 2. The standard InChI is InChI=1S/C12H14N6O2S/c1-8-5-3-4-6-9(8)18-12(15-16-17-18)21-7-10(19)14-11(20)13-2/h3-6H,7H2,1-2H3,(H2,13,14,19,20). The lowest BCUT2D eigenvalue weighted by atomic mass is 10.2. The normalized spacial score (nSPS) is 10.2. The van der Waals surface area contributed by atoms with Gasteiger partial charge in [0.1, 0.15) is 0 Å². The number of urea groups is 1. The Morgan fingerprint density at radius 3 is 2.81 bits per heavy atom. The summed E-state index contributed by atoms with van der Waals surface area (Å²) in [6, 6.07) is 7.10. The van der Waals surface area contributed by atoms with Crippen LogP contribution >= 0.6 is 11.8 Å². The molecule has 0 fully saturated rings. The van der Waals surface area contributed by atoms with Crippen molar-refractivity contribution in [1.29, 1.82) is 0 Å². The summed E-state index contributed by atoms with van der Waals surface area (Å²) in [5.74, 6) is -0.377. The first-order chi connectivity index (χ1) is 10.1. The number of hydrogen-bond acceptors (Lipinski definition) is 6. The second-order valence-corrected chi connectivity index (χ2v) is 5.02. The summed E-state index contributed by atoms with van der Waals surface area (Å²) in [6.45, 7) is 1.95. The van der Waals surface area contributed by atoms with E-state index in [1.807, 2.05) is 31.2 Å². The van der Waals surface area contributed by atoms with Crippen LogP contribution in [0.1, 0.15) is 5.56 Å². The molecule has 1 aromatic heterocycles. The van der Waals surface area contributed by atoms with Crippen molar-refractivity contribution < 1.29 is 9.59 Å². The molecule has 0 saturated carbocycles. The second-order valence-electron chi connectivity index (χ2n) is 4.08. The van der Waals surface area contributed by atoms with Crippen LogP contribution in [0.25, 0.3) is 5.69 Å². The number of rotatable bonds is 4. The smallest absolute Gasteiger partial charge is 0.321 e. The number of benzene rings is 1. The third-order valence-corrected chi connectivity index (χ3v) is 3.52. The predicted octanol–water partition coefficient (Wildman–Crippen LogP) is 0.518. The zero-order valence-corrected chi connectivity index (χ0v) is 12.3. The van der Waals surface area contributed by atoms with Gasteiger partial charge in [-0.2, -0.15) is 4.68 Å². The maximum absolute atomic E-state index is 11.6. The number of amides is 3. The molecule has 9 heteroatoms. The molecule has 0 unspecified atom stereocenters. The number of aromatic nitrogens is 4. The van der Waals surface area contributed by atoms with Crippen LogP contribution in [-0.2, 0) is 4.79 Å². The lowest BCUT2D eigenvalue weighted by molar-refractivity contribution is -0.117. The van der Waals surface area contributed by atoms with Gasteiger partial charge in [0.05, 0.1) is 11.4 Å². The fraction of sp³-hybridized carbons (Fsp3) is 0.250. The topological polar surface area (TPSA) is 102 Å². The maximum atomic E-state index is 11.6. The Morgan fingerprint density at radius 1 is 1.33 bits per heavy atom. The van der Waals surface area contributed by atoms with Crippen molar-refractivity contribution in [2.24, 2.45) is 0 Å². The van der Waals surface area contributed by atoms with Crippen LogP contribution in [0, 0.1) is 6.92 Å². The highest BCUT2D eigenvalue weighted by Gasteiger charge is 2.13. The van der Waals surface area contributed by atoms with E-state index in [2.05, 4.69) is 26.2 Å². The van der Waals surface area contributed by atoms with E-state index < -0.39 is 11.9 Å². The van der Waals surface area contributed by atoms with Crippen LogP contribution in [0.15, 0.2) is 29.4 Å². The van der Waals surface area contributed by atoms with Crippen LogP contribution < -0.4 is 10.6 Å². The summed E-state index contributed by atoms with van der Waals surface area (Å²) in [5, 5.41) is 16.4. The molecule has 2 N–H and O–H groups in total. The van der Waals surface area contributed by atoms with Gasteiger partial charge in [0.25, 0.3) is 0 Å². The van der Waals surface area contributed by atoms with Crippen LogP contribution in [0.4, 0.5) is 4.79 Å². The van der Waals surface area contributed by atoms with E-state index >= 15 is 0 Å². The van der Waals surface area contributed by atoms with Crippen molar-refractivity contribution in [3.05, 3.63) is 29.8 Å². The first-order valence-corrected chi connectivity index (χ1v) is 7.09. The molecule has 110 valence electrons. The minimum Gasteiger partial charge on any atom is -0.341 e. The van der Waals surface area contributed by atoms with E-state index in [1.165, 1.54) is 7.05 Å². The number of carbonyl (C=O) groups excluding carboxylic acids is 2. The van der Waals surface area contributed by atoms with E-state index in [4.69, 9.17) is 0 Å². The summed E-state index contributed by atoms with van der Waals surface area (Å²) >= 11 is 1.15. The van der Waals surface area contributed by atoms with Crippen molar-refractivity contribution in [2.75, 3.05) is 12.8 Å². The quantitative estimate of drug-likeness (QED) is 0.798. The SMILES string of the molecule is CNC(=O)NC(=O)CSc1nnnn1-c1ccccc1C. The average molecular weight is 306 g/mol. The summed E-state index contributed by atoms with van der Waals surface area (Å²) < 4.78 is 1.56. The molecule has 3 amide bonds. The maximum Gasteiger partial charge on any atom is 0.321 e. The molecule has 8 nitrogen and oxygen atoms in total. The summed E-state index contributed by atoms with van der Waals surface area (Å²) in [7, 11) is 1.44. The molecule has 0 radical (unpaired) electrons. The zero-order chi connectivity index (χ0) is 15.2. The number of nitrogens with one attached hydrogen (secondary N) is 2. The third-order valence-electron chi connectivity index (χ3n) is 2.60. The number of thioether (sulfide) groups is 1. The summed E-state index contributed by atoms with van der Waals surface area (Å²) in [5.41, 5.74) is 1.86. The Bertz CT molecular complexity index is 657. The molecule has 0 aliphatic heterocycles. The molecule has 0 aliphatic carbocycles. The van der Waals surface area contributed by atoms with Gasteiger partial charge in [0.2, 0.25) is 11.1 Å². The van der Waals surface area contributed by atoms with Crippen LogP contribution in [0.2, 0.25) is 0 Å². The average Bonchev–Trinajstić information content (AvgIpc) is 2.93. The van der Waals surface area contributed by atoms with E-state index in [0.29, 0.717) is 5.16 Å². The molecular formula is C12H14N6O2S. The van der Waals surface area contributed by atoms with Crippen molar-refractivity contribution in [3.8, 4) is 5.69 Å². The van der Waals surface area contributed by atoms with Gasteiger partial charge in [0.15, 0.2) is 0 Å². The van der Waals surface area contributed by atoms with Gasteiger partial charge in [-0.1, -0.05) is 30.0 Å². The zero-order valence-electron chi connectivity index (χ0n) is 11.5. The van der Waals surface area contributed by atoms with Crippen molar-refractivity contribution in [3.63, 3.8) is 0 Å². The van der Waals surface area contributed by atoms with E-state index in [-0.39, 0.29) is 5.75 Å². The number of nitrogens with zero attached hydrogens (tertiary/aromatic N) is 4. The Balaban J connectivity index is 2.06. The Morgan fingerprint density at radius 2 is 2.10 bits per heavy atom. The van der Waals surface area contributed by atoms with E-state index in [0.717, 1.165) is 23.0 Å². The molecule has 0 aliphatic rings. The van der Waals surface area contributed by atoms with Gasteiger partial charge >= 0.3 is 6.03 Å².